The number of likely N-dealkylation sites (N-methyl/N-ethyl adjacent to an activating group) is 1. The number of carbonyl (C=O) groups is 2. The first-order chi connectivity index (χ1) is 6.07. The summed E-state index contributed by atoms with van der Waals surface area (Å²) in [6, 6.07) is -0.912. The minimum absolute atomic E-state index is 0.138. The van der Waals surface area contributed by atoms with Crippen LogP contribution in [0.25, 0.3) is 0 Å². The first-order valence-electron chi connectivity index (χ1n) is 4.28. The quantitative estimate of drug-likeness (QED) is 0.610. The maximum atomic E-state index is 11.5. The monoisotopic (exact) mass is 186 g/mol. The maximum absolute atomic E-state index is 11.5. The molecule has 0 aliphatic carbocycles. The van der Waals surface area contributed by atoms with Gasteiger partial charge in [0.2, 0.25) is 5.91 Å². The molecule has 0 saturated carbocycles. The van der Waals surface area contributed by atoms with Crippen molar-refractivity contribution >= 4 is 11.9 Å². The molecule has 74 valence electrons. The van der Waals surface area contributed by atoms with E-state index in [1.165, 1.54) is 4.90 Å². The van der Waals surface area contributed by atoms with Crippen LogP contribution in [-0.4, -0.2) is 47.6 Å². The Kier molecular flexibility index (Phi) is 2.87. The van der Waals surface area contributed by atoms with Gasteiger partial charge in [0.1, 0.15) is 6.04 Å². The molecule has 0 spiro atoms. The third-order valence-corrected chi connectivity index (χ3v) is 2.39. The third kappa shape index (κ3) is 1.80. The molecule has 2 atom stereocenters. The second-order valence-corrected chi connectivity index (χ2v) is 3.18. The molecule has 1 aliphatic rings. The molecule has 5 nitrogen and oxygen atoms in total. The Balaban J connectivity index is 2.53. The highest BCUT2D eigenvalue weighted by Crippen LogP contribution is 2.18. The normalized spacial score (nSPS) is 23.5. The lowest BCUT2D eigenvalue weighted by Crippen LogP contribution is -2.59. The Morgan fingerprint density at radius 2 is 2.23 bits per heavy atom. The first-order valence-corrected chi connectivity index (χ1v) is 4.28. The average Bonchev–Trinajstić information content (AvgIpc) is 1.99. The van der Waals surface area contributed by atoms with E-state index in [2.05, 4.69) is 5.32 Å². The summed E-state index contributed by atoms with van der Waals surface area (Å²) >= 11 is 0. The molecule has 1 fully saturated rings. The maximum Gasteiger partial charge on any atom is 0.326 e. The predicted octanol–water partition coefficient (Wildman–Crippen LogP) is -0.720. The fraction of sp³-hybridized carbons (Fsp3) is 0.750. The molecule has 1 heterocycles. The number of carboxylic acid groups (broad SMARTS) is 1. The lowest BCUT2D eigenvalue weighted by Gasteiger charge is -2.39. The van der Waals surface area contributed by atoms with Crippen LogP contribution < -0.4 is 5.32 Å². The molecule has 2 N–H and O–H groups in total. The highest BCUT2D eigenvalue weighted by atomic mass is 16.4. The molecule has 1 aliphatic heterocycles. The molecule has 1 amide bonds. The Hall–Kier alpha value is -1.10. The van der Waals surface area contributed by atoms with Crippen LogP contribution >= 0.6 is 0 Å². The van der Waals surface area contributed by atoms with Gasteiger partial charge < -0.3 is 15.3 Å². The molecule has 0 radical (unpaired) electrons. The van der Waals surface area contributed by atoms with E-state index in [-0.39, 0.29) is 11.9 Å². The van der Waals surface area contributed by atoms with Gasteiger partial charge in [0.25, 0.3) is 0 Å². The molecule has 13 heavy (non-hydrogen) atoms. The molecule has 0 aromatic carbocycles. The van der Waals surface area contributed by atoms with Gasteiger partial charge in [-0.25, -0.2) is 4.79 Å². The molecule has 1 saturated heterocycles. The van der Waals surface area contributed by atoms with Crippen molar-refractivity contribution in [1.82, 2.24) is 10.2 Å². The zero-order valence-corrected chi connectivity index (χ0v) is 7.78. The van der Waals surface area contributed by atoms with Crippen LogP contribution in [0.15, 0.2) is 0 Å². The fourth-order valence-corrected chi connectivity index (χ4v) is 1.28. The second kappa shape index (κ2) is 3.74. The second-order valence-electron chi connectivity index (χ2n) is 3.18. The summed E-state index contributed by atoms with van der Waals surface area (Å²) in [5.74, 6) is -1.05. The van der Waals surface area contributed by atoms with Crippen LogP contribution in [0.3, 0.4) is 0 Å². The number of amides is 1. The molecule has 1 rings (SSSR count). The predicted molar refractivity (Wildman–Crippen MR) is 46.3 cm³/mol. The summed E-state index contributed by atoms with van der Waals surface area (Å²) < 4.78 is 0. The lowest BCUT2D eigenvalue weighted by molar-refractivity contribution is -0.157. The van der Waals surface area contributed by atoms with Gasteiger partial charge in [0, 0.05) is 6.54 Å². The minimum atomic E-state index is -0.914. The topological polar surface area (TPSA) is 69.6 Å². The number of nitrogens with zero attached hydrogens (tertiary/aromatic N) is 1. The van der Waals surface area contributed by atoms with E-state index in [1.54, 1.807) is 14.0 Å². The van der Waals surface area contributed by atoms with E-state index in [0.29, 0.717) is 13.0 Å². The first kappa shape index (κ1) is 9.98. The highest BCUT2D eigenvalue weighted by Gasteiger charge is 2.38. The lowest BCUT2D eigenvalue weighted by atomic mass is 10.0. The third-order valence-electron chi connectivity index (χ3n) is 2.39. The molecule has 0 unspecified atom stereocenters. The number of carboxylic acids is 1. The highest BCUT2D eigenvalue weighted by molar-refractivity contribution is 5.88. The van der Waals surface area contributed by atoms with Gasteiger partial charge in [-0.2, -0.15) is 0 Å². The summed E-state index contributed by atoms with van der Waals surface area (Å²) in [6.07, 6.45) is 0.567. The molecular formula is C8H14N2O3. The van der Waals surface area contributed by atoms with Gasteiger partial charge in [-0.15, -0.1) is 0 Å². The Labute approximate surface area is 76.7 Å². The van der Waals surface area contributed by atoms with E-state index < -0.39 is 12.0 Å². The van der Waals surface area contributed by atoms with Crippen LogP contribution in [-0.2, 0) is 9.59 Å². The number of nitrogens with one attached hydrogen (secondary N) is 1. The van der Waals surface area contributed by atoms with Crippen LogP contribution in [0.5, 0.6) is 0 Å². The number of hydrogen-bond acceptors (Lipinski definition) is 3. The molecular weight excluding hydrogens is 172 g/mol. The summed E-state index contributed by atoms with van der Waals surface area (Å²) in [5, 5.41) is 11.5. The van der Waals surface area contributed by atoms with E-state index in [9.17, 15) is 9.59 Å². The van der Waals surface area contributed by atoms with Crippen LogP contribution in [0.2, 0.25) is 0 Å². The van der Waals surface area contributed by atoms with Crippen molar-refractivity contribution in [3.8, 4) is 0 Å². The van der Waals surface area contributed by atoms with E-state index >= 15 is 0 Å². The van der Waals surface area contributed by atoms with Crippen LogP contribution in [0.4, 0.5) is 0 Å². The van der Waals surface area contributed by atoms with Crippen molar-refractivity contribution in [2.45, 2.75) is 25.4 Å². The van der Waals surface area contributed by atoms with Gasteiger partial charge >= 0.3 is 5.97 Å². The number of aliphatic carboxylic acids is 1. The average molecular weight is 186 g/mol. The fourth-order valence-electron chi connectivity index (χ4n) is 1.28. The zero-order valence-electron chi connectivity index (χ0n) is 7.78. The van der Waals surface area contributed by atoms with Crippen molar-refractivity contribution in [2.75, 3.05) is 13.6 Å². The summed E-state index contributed by atoms with van der Waals surface area (Å²) in [4.78, 5) is 23.5. The van der Waals surface area contributed by atoms with E-state index in [1.807, 2.05) is 0 Å². The van der Waals surface area contributed by atoms with Crippen molar-refractivity contribution in [3.05, 3.63) is 0 Å². The van der Waals surface area contributed by atoms with Crippen molar-refractivity contribution in [3.63, 3.8) is 0 Å². The number of hydrogen-bond donors (Lipinski definition) is 2. The Morgan fingerprint density at radius 3 is 2.54 bits per heavy atom. The van der Waals surface area contributed by atoms with Crippen LogP contribution in [0, 0.1) is 0 Å². The van der Waals surface area contributed by atoms with Crippen molar-refractivity contribution < 1.29 is 14.7 Å². The summed E-state index contributed by atoms with van der Waals surface area (Å²) in [7, 11) is 1.68. The van der Waals surface area contributed by atoms with Crippen molar-refractivity contribution in [2.24, 2.45) is 0 Å². The number of likely N-dealkylation sites (tertiary alicyclic amines) is 1. The largest absolute Gasteiger partial charge is 0.480 e. The summed E-state index contributed by atoms with van der Waals surface area (Å²) in [6.45, 7) is 2.28. The smallest absolute Gasteiger partial charge is 0.326 e. The van der Waals surface area contributed by atoms with Crippen molar-refractivity contribution in [1.29, 1.82) is 0 Å². The van der Waals surface area contributed by atoms with Crippen LogP contribution in [0.1, 0.15) is 13.3 Å². The van der Waals surface area contributed by atoms with E-state index in [0.717, 1.165) is 0 Å². The van der Waals surface area contributed by atoms with E-state index in [4.69, 9.17) is 5.11 Å². The molecule has 0 bridgehead atoms. The van der Waals surface area contributed by atoms with Gasteiger partial charge in [-0.05, 0) is 20.4 Å². The number of carbonyl (C=O) groups excluding carboxylic acids is 1. The molecule has 5 heteroatoms. The molecule has 0 aromatic rings. The zero-order chi connectivity index (χ0) is 10.0. The SMILES string of the molecule is CN[C@@H](C)C(=O)N1CC[C@H]1C(=O)O. The Bertz CT molecular complexity index is 229. The summed E-state index contributed by atoms with van der Waals surface area (Å²) in [5.41, 5.74) is 0. The van der Waals surface area contributed by atoms with Gasteiger partial charge in [-0.1, -0.05) is 0 Å². The Morgan fingerprint density at radius 1 is 1.62 bits per heavy atom. The van der Waals surface area contributed by atoms with Gasteiger partial charge in [0.15, 0.2) is 0 Å². The van der Waals surface area contributed by atoms with Gasteiger partial charge in [0.05, 0.1) is 6.04 Å². The standard InChI is InChI=1S/C8H14N2O3/c1-5(9-2)7(11)10-4-3-6(10)8(12)13/h5-6,9H,3-4H2,1-2H3,(H,12,13)/t5-,6-/m0/s1. The molecule has 0 aromatic heterocycles. The number of rotatable bonds is 3. The minimum Gasteiger partial charge on any atom is -0.480 e. The van der Waals surface area contributed by atoms with Gasteiger partial charge in [-0.3, -0.25) is 4.79 Å².